The Balaban J connectivity index is 1.87. The van der Waals surface area contributed by atoms with Gasteiger partial charge in [-0.3, -0.25) is 4.90 Å². The highest BCUT2D eigenvalue weighted by atomic mass is 79.9. The first-order chi connectivity index (χ1) is 8.81. The van der Waals surface area contributed by atoms with E-state index in [4.69, 9.17) is 0 Å². The van der Waals surface area contributed by atoms with Gasteiger partial charge >= 0.3 is 0 Å². The van der Waals surface area contributed by atoms with Crippen molar-refractivity contribution in [1.29, 1.82) is 0 Å². The van der Waals surface area contributed by atoms with E-state index in [0.29, 0.717) is 0 Å². The summed E-state index contributed by atoms with van der Waals surface area (Å²) in [5, 5.41) is 1.07. The van der Waals surface area contributed by atoms with E-state index in [1.54, 1.807) is 0 Å². The molecule has 0 radical (unpaired) electrons. The van der Waals surface area contributed by atoms with Gasteiger partial charge in [0.25, 0.3) is 0 Å². The fourth-order valence-electron chi connectivity index (χ4n) is 2.91. The Hall–Kier alpha value is -0.350. The number of hydrogen-bond donors (Lipinski definition) is 0. The number of alkyl halides is 1. The van der Waals surface area contributed by atoms with Crippen LogP contribution in [0.2, 0.25) is 0 Å². The molecule has 1 aliphatic carbocycles. The summed E-state index contributed by atoms with van der Waals surface area (Å²) in [6.07, 6.45) is 12.0. The first-order valence-electron chi connectivity index (χ1n) is 7.07. The largest absolute Gasteiger partial charge is 0.338 e. The summed E-state index contributed by atoms with van der Waals surface area (Å²) in [5.74, 6) is 1.20. The van der Waals surface area contributed by atoms with Crippen LogP contribution in [0.3, 0.4) is 0 Å². The van der Waals surface area contributed by atoms with Crippen LogP contribution < -0.4 is 0 Å². The van der Waals surface area contributed by atoms with E-state index in [0.717, 1.165) is 30.9 Å². The summed E-state index contributed by atoms with van der Waals surface area (Å²) in [4.78, 5) is 7.07. The van der Waals surface area contributed by atoms with Gasteiger partial charge in [-0.15, -0.1) is 0 Å². The first-order valence-corrected chi connectivity index (χ1v) is 8.19. The average molecular weight is 314 g/mol. The second kappa shape index (κ2) is 7.29. The molecule has 1 heterocycles. The molecular formula is C14H24BrN3. The lowest BCUT2D eigenvalue weighted by Crippen LogP contribution is -2.39. The van der Waals surface area contributed by atoms with Crippen LogP contribution in [0, 0.1) is 0 Å². The molecule has 1 aliphatic rings. The normalized spacial score (nSPS) is 17.5. The molecule has 1 fully saturated rings. The molecule has 0 amide bonds. The monoisotopic (exact) mass is 313 g/mol. The van der Waals surface area contributed by atoms with Crippen molar-refractivity contribution in [2.45, 2.75) is 44.6 Å². The van der Waals surface area contributed by atoms with Crippen LogP contribution in [0.15, 0.2) is 12.4 Å². The molecule has 102 valence electrons. The van der Waals surface area contributed by atoms with Crippen molar-refractivity contribution in [3.63, 3.8) is 0 Å². The zero-order valence-corrected chi connectivity index (χ0v) is 12.9. The van der Waals surface area contributed by atoms with E-state index >= 15 is 0 Å². The SMILES string of the molecule is Cn1ccnc1CCN(CCBr)C1CCCCC1. The molecule has 0 aromatic carbocycles. The Morgan fingerprint density at radius 3 is 2.72 bits per heavy atom. The Labute approximate surface area is 119 Å². The van der Waals surface area contributed by atoms with Crippen molar-refractivity contribution < 1.29 is 0 Å². The van der Waals surface area contributed by atoms with Gasteiger partial charge in [-0.25, -0.2) is 4.98 Å². The van der Waals surface area contributed by atoms with E-state index in [9.17, 15) is 0 Å². The smallest absolute Gasteiger partial charge is 0.109 e. The van der Waals surface area contributed by atoms with Crippen molar-refractivity contribution >= 4 is 15.9 Å². The van der Waals surface area contributed by atoms with Crippen LogP contribution in [-0.2, 0) is 13.5 Å². The molecule has 0 aliphatic heterocycles. The van der Waals surface area contributed by atoms with Crippen molar-refractivity contribution in [1.82, 2.24) is 14.5 Å². The number of aryl methyl sites for hydroxylation is 1. The Kier molecular flexibility index (Phi) is 5.70. The molecule has 0 atom stereocenters. The highest BCUT2D eigenvalue weighted by Gasteiger charge is 2.20. The van der Waals surface area contributed by atoms with Crippen LogP contribution in [-0.4, -0.2) is 38.9 Å². The van der Waals surface area contributed by atoms with Gasteiger partial charge in [-0.05, 0) is 12.8 Å². The van der Waals surface area contributed by atoms with E-state index in [1.807, 2.05) is 12.4 Å². The molecule has 4 heteroatoms. The van der Waals surface area contributed by atoms with E-state index in [1.165, 1.54) is 37.9 Å². The van der Waals surface area contributed by atoms with Crippen molar-refractivity contribution in [2.24, 2.45) is 7.05 Å². The highest BCUT2D eigenvalue weighted by Crippen LogP contribution is 2.22. The van der Waals surface area contributed by atoms with Crippen molar-refractivity contribution in [3.8, 4) is 0 Å². The number of halogens is 1. The van der Waals surface area contributed by atoms with Gasteiger partial charge in [0.05, 0.1) is 0 Å². The van der Waals surface area contributed by atoms with Crippen LogP contribution in [0.4, 0.5) is 0 Å². The minimum Gasteiger partial charge on any atom is -0.338 e. The molecule has 0 bridgehead atoms. The maximum absolute atomic E-state index is 4.42. The fraction of sp³-hybridized carbons (Fsp3) is 0.786. The Bertz CT molecular complexity index is 345. The lowest BCUT2D eigenvalue weighted by molar-refractivity contribution is 0.166. The van der Waals surface area contributed by atoms with Crippen molar-refractivity contribution in [2.75, 3.05) is 18.4 Å². The van der Waals surface area contributed by atoms with Crippen LogP contribution in [0.25, 0.3) is 0 Å². The minimum atomic E-state index is 0.802. The fourth-order valence-corrected chi connectivity index (χ4v) is 3.37. The van der Waals surface area contributed by atoms with Gasteiger partial charge in [-0.1, -0.05) is 35.2 Å². The summed E-state index contributed by atoms with van der Waals surface area (Å²) in [7, 11) is 2.08. The van der Waals surface area contributed by atoms with Gasteiger partial charge in [-0.2, -0.15) is 0 Å². The van der Waals surface area contributed by atoms with Crippen molar-refractivity contribution in [3.05, 3.63) is 18.2 Å². The Morgan fingerprint density at radius 2 is 2.11 bits per heavy atom. The second-order valence-electron chi connectivity index (χ2n) is 5.22. The molecule has 0 saturated heterocycles. The van der Waals surface area contributed by atoms with Gasteiger partial charge in [0.2, 0.25) is 0 Å². The number of aromatic nitrogens is 2. The Morgan fingerprint density at radius 1 is 1.33 bits per heavy atom. The zero-order chi connectivity index (χ0) is 12.8. The quantitative estimate of drug-likeness (QED) is 0.753. The number of imidazole rings is 1. The standard InChI is InChI=1S/C14H24BrN3/c1-17-12-9-16-14(17)7-10-18(11-8-15)13-5-3-2-4-6-13/h9,12-13H,2-8,10-11H2,1H3. The van der Waals surface area contributed by atoms with E-state index in [-0.39, 0.29) is 0 Å². The maximum atomic E-state index is 4.42. The lowest BCUT2D eigenvalue weighted by Gasteiger charge is -2.33. The maximum Gasteiger partial charge on any atom is 0.109 e. The van der Waals surface area contributed by atoms with Gasteiger partial charge < -0.3 is 4.57 Å². The summed E-state index contributed by atoms with van der Waals surface area (Å²) >= 11 is 3.59. The topological polar surface area (TPSA) is 21.1 Å². The highest BCUT2D eigenvalue weighted by molar-refractivity contribution is 9.09. The summed E-state index contributed by atoms with van der Waals surface area (Å²) in [5.41, 5.74) is 0. The number of rotatable bonds is 6. The molecule has 1 aromatic rings. The molecule has 18 heavy (non-hydrogen) atoms. The zero-order valence-electron chi connectivity index (χ0n) is 11.3. The van der Waals surface area contributed by atoms with Crippen LogP contribution in [0.1, 0.15) is 37.9 Å². The van der Waals surface area contributed by atoms with Gasteiger partial charge in [0.1, 0.15) is 5.82 Å². The summed E-state index contributed by atoms with van der Waals surface area (Å²) in [6.45, 7) is 2.30. The van der Waals surface area contributed by atoms with E-state index < -0.39 is 0 Å². The van der Waals surface area contributed by atoms with Gasteiger partial charge in [0, 0.05) is 50.3 Å². The third-order valence-corrected chi connectivity index (χ3v) is 4.36. The predicted molar refractivity (Wildman–Crippen MR) is 79.2 cm³/mol. The molecule has 0 spiro atoms. The molecule has 1 aromatic heterocycles. The average Bonchev–Trinajstić information content (AvgIpc) is 2.81. The molecule has 2 rings (SSSR count). The number of hydrogen-bond acceptors (Lipinski definition) is 2. The number of nitrogens with zero attached hydrogens (tertiary/aromatic N) is 3. The molecule has 1 saturated carbocycles. The minimum absolute atomic E-state index is 0.802. The molecular weight excluding hydrogens is 290 g/mol. The third kappa shape index (κ3) is 3.82. The van der Waals surface area contributed by atoms with E-state index in [2.05, 4.69) is 37.4 Å². The second-order valence-corrected chi connectivity index (χ2v) is 6.01. The summed E-state index contributed by atoms with van der Waals surface area (Å²) < 4.78 is 2.13. The summed E-state index contributed by atoms with van der Waals surface area (Å²) in [6, 6.07) is 0.802. The molecule has 0 N–H and O–H groups in total. The predicted octanol–water partition coefficient (Wildman–Crippen LogP) is 2.99. The first kappa shape index (κ1) is 14.1. The van der Waals surface area contributed by atoms with Crippen LogP contribution >= 0.6 is 15.9 Å². The third-order valence-electron chi connectivity index (χ3n) is 4.01. The molecule has 0 unspecified atom stereocenters. The van der Waals surface area contributed by atoms with Crippen LogP contribution in [0.5, 0.6) is 0 Å². The lowest BCUT2D eigenvalue weighted by atomic mass is 9.94. The molecule has 3 nitrogen and oxygen atoms in total. The van der Waals surface area contributed by atoms with Gasteiger partial charge in [0.15, 0.2) is 0 Å².